The molecule has 1 aromatic carbocycles. The summed E-state index contributed by atoms with van der Waals surface area (Å²) in [6.45, 7) is 4.18. The lowest BCUT2D eigenvalue weighted by Gasteiger charge is -2.19. The number of halogens is 1. The molecule has 0 saturated heterocycles. The number of hydrogen-bond acceptors (Lipinski definition) is 5. The number of amidine groups is 2. The average Bonchev–Trinajstić information content (AvgIpc) is 3.34. The number of furan rings is 1. The van der Waals surface area contributed by atoms with Crippen LogP contribution in [0.3, 0.4) is 0 Å². The van der Waals surface area contributed by atoms with Gasteiger partial charge in [-0.3, -0.25) is 10.2 Å². The Hall–Kier alpha value is -3.00. The van der Waals surface area contributed by atoms with Crippen molar-refractivity contribution in [2.24, 2.45) is 16.0 Å². The van der Waals surface area contributed by atoms with Crippen molar-refractivity contribution in [3.63, 3.8) is 0 Å². The van der Waals surface area contributed by atoms with Crippen molar-refractivity contribution >= 4 is 39.8 Å². The largest absolute Gasteiger partial charge is 0.457 e. The van der Waals surface area contributed by atoms with E-state index in [0.717, 1.165) is 23.4 Å². The van der Waals surface area contributed by atoms with E-state index in [-0.39, 0.29) is 23.1 Å². The van der Waals surface area contributed by atoms with Crippen molar-refractivity contribution in [2.75, 3.05) is 0 Å². The van der Waals surface area contributed by atoms with Crippen LogP contribution in [0, 0.1) is 17.1 Å². The molecular weight excluding hydrogens is 391 g/mol. The molecule has 0 radical (unpaired) electrons. The third kappa shape index (κ3) is 3.67. The van der Waals surface area contributed by atoms with E-state index in [1.54, 1.807) is 24.3 Å². The Morgan fingerprint density at radius 1 is 1.21 bits per heavy atom. The van der Waals surface area contributed by atoms with E-state index >= 15 is 0 Å². The molecule has 2 aromatic rings. The van der Waals surface area contributed by atoms with Crippen LogP contribution in [0.15, 0.2) is 56.5 Å². The van der Waals surface area contributed by atoms with Crippen LogP contribution in [0.25, 0.3) is 17.4 Å². The summed E-state index contributed by atoms with van der Waals surface area (Å²) in [5, 5.41) is 15.7. The van der Waals surface area contributed by atoms with Crippen molar-refractivity contribution in [3.8, 4) is 11.3 Å². The van der Waals surface area contributed by atoms with Gasteiger partial charge in [0.15, 0.2) is 5.84 Å². The number of nitrogens with one attached hydrogen (secondary N) is 1. The van der Waals surface area contributed by atoms with Gasteiger partial charge in [0.25, 0.3) is 5.91 Å². The van der Waals surface area contributed by atoms with Gasteiger partial charge in [0, 0.05) is 11.5 Å². The van der Waals surface area contributed by atoms with Gasteiger partial charge in [0.2, 0.25) is 5.17 Å². The number of carbonyl (C=O) groups excluding carboxylic acids is 1. The predicted octanol–water partition coefficient (Wildman–Crippen LogP) is 5.14. The first-order chi connectivity index (χ1) is 14.0. The van der Waals surface area contributed by atoms with Crippen LogP contribution in [0.2, 0.25) is 0 Å². The molecule has 0 bridgehead atoms. The predicted molar refractivity (Wildman–Crippen MR) is 113 cm³/mol. The molecule has 8 heteroatoms. The fourth-order valence-corrected chi connectivity index (χ4v) is 4.31. The molecule has 148 valence electrons. The summed E-state index contributed by atoms with van der Waals surface area (Å²) in [4.78, 5) is 16.6. The minimum Gasteiger partial charge on any atom is -0.457 e. The number of carbonyl (C=O) groups is 1. The number of rotatable bonds is 5. The lowest BCUT2D eigenvalue weighted by molar-refractivity contribution is -0.114. The van der Waals surface area contributed by atoms with Crippen LogP contribution in [-0.2, 0) is 4.79 Å². The quantitative estimate of drug-likeness (QED) is 0.692. The number of aliphatic imine (C=N–C) groups is 1. The number of benzene rings is 1. The second-order valence-corrected chi connectivity index (χ2v) is 7.67. The maximum atomic E-state index is 13.1. The molecule has 1 aromatic heterocycles. The molecule has 0 unspecified atom stereocenters. The van der Waals surface area contributed by atoms with Gasteiger partial charge < -0.3 is 4.42 Å². The van der Waals surface area contributed by atoms with Crippen molar-refractivity contribution in [1.82, 2.24) is 5.01 Å². The Morgan fingerprint density at radius 3 is 2.62 bits per heavy atom. The third-order valence-electron chi connectivity index (χ3n) is 4.85. The van der Waals surface area contributed by atoms with Crippen molar-refractivity contribution in [2.45, 2.75) is 26.7 Å². The highest BCUT2D eigenvalue weighted by molar-refractivity contribution is 8.27. The minimum absolute atomic E-state index is 0.0202. The fraction of sp³-hybridized carbons (Fsp3) is 0.238. The molecule has 0 fully saturated rings. The SMILES string of the molecule is CCC(CC)C1=NN2C(=N)/C(=C/c3ccc(-c4ccc(F)cc4)o3)C(=O)N=C2S1. The van der Waals surface area contributed by atoms with Crippen LogP contribution >= 0.6 is 11.8 Å². The molecule has 2 aliphatic heterocycles. The zero-order valence-electron chi connectivity index (χ0n) is 16.0. The second-order valence-electron chi connectivity index (χ2n) is 6.68. The monoisotopic (exact) mass is 410 g/mol. The van der Waals surface area contributed by atoms with Gasteiger partial charge in [-0.15, -0.1) is 0 Å². The van der Waals surface area contributed by atoms with E-state index in [4.69, 9.17) is 9.83 Å². The van der Waals surface area contributed by atoms with Crippen molar-refractivity contribution in [1.29, 1.82) is 5.41 Å². The number of hydrazone groups is 1. The molecular formula is C21H19FN4O2S. The summed E-state index contributed by atoms with van der Waals surface area (Å²) in [6, 6.07) is 9.37. The van der Waals surface area contributed by atoms with Crippen LogP contribution < -0.4 is 0 Å². The molecule has 0 aliphatic carbocycles. The van der Waals surface area contributed by atoms with E-state index in [2.05, 4.69) is 23.9 Å². The molecule has 2 aliphatic rings. The Morgan fingerprint density at radius 2 is 1.93 bits per heavy atom. The van der Waals surface area contributed by atoms with E-state index in [0.29, 0.717) is 16.7 Å². The van der Waals surface area contributed by atoms with Crippen LogP contribution in [0.1, 0.15) is 32.4 Å². The van der Waals surface area contributed by atoms with E-state index < -0.39 is 5.91 Å². The molecule has 1 amide bonds. The number of thioether (sulfide) groups is 1. The van der Waals surface area contributed by atoms with Gasteiger partial charge in [-0.25, -0.2) is 4.39 Å². The fourth-order valence-electron chi connectivity index (χ4n) is 3.15. The summed E-state index contributed by atoms with van der Waals surface area (Å²) in [6.07, 6.45) is 3.37. The van der Waals surface area contributed by atoms with E-state index in [1.165, 1.54) is 35.0 Å². The maximum absolute atomic E-state index is 13.1. The molecule has 3 heterocycles. The highest BCUT2D eigenvalue weighted by Crippen LogP contribution is 2.33. The van der Waals surface area contributed by atoms with E-state index in [9.17, 15) is 9.18 Å². The smallest absolute Gasteiger partial charge is 0.283 e. The van der Waals surface area contributed by atoms with E-state index in [1.807, 2.05) is 0 Å². The molecule has 6 nitrogen and oxygen atoms in total. The first-order valence-electron chi connectivity index (χ1n) is 9.36. The number of hydrogen-bond donors (Lipinski definition) is 1. The van der Waals surface area contributed by atoms with Gasteiger partial charge >= 0.3 is 0 Å². The van der Waals surface area contributed by atoms with Crippen LogP contribution in [0.5, 0.6) is 0 Å². The van der Waals surface area contributed by atoms with Crippen LogP contribution in [0.4, 0.5) is 4.39 Å². The van der Waals surface area contributed by atoms with Crippen molar-refractivity contribution in [3.05, 3.63) is 53.5 Å². The Labute approximate surface area is 171 Å². The van der Waals surface area contributed by atoms with Crippen molar-refractivity contribution < 1.29 is 13.6 Å². The highest BCUT2D eigenvalue weighted by Gasteiger charge is 2.37. The summed E-state index contributed by atoms with van der Waals surface area (Å²) in [7, 11) is 0. The zero-order valence-corrected chi connectivity index (χ0v) is 16.8. The lowest BCUT2D eigenvalue weighted by Crippen LogP contribution is -2.35. The topological polar surface area (TPSA) is 82.0 Å². The summed E-state index contributed by atoms with van der Waals surface area (Å²) in [5.74, 6) is 0.401. The summed E-state index contributed by atoms with van der Waals surface area (Å²) >= 11 is 1.35. The Balaban J connectivity index is 1.61. The molecule has 4 rings (SSSR count). The van der Waals surface area contributed by atoms with Crippen LogP contribution in [-0.4, -0.2) is 27.0 Å². The van der Waals surface area contributed by atoms with Gasteiger partial charge in [-0.05, 0) is 67.1 Å². The number of fused-ring (bicyclic) bond motifs is 1. The van der Waals surface area contributed by atoms with Gasteiger partial charge in [0.05, 0.1) is 5.57 Å². The molecule has 0 saturated carbocycles. The molecule has 1 N–H and O–H groups in total. The Bertz CT molecular complexity index is 1060. The standard InChI is InChI=1S/C21H19FN4O2S/c1-3-12(4-2)20-25-26-18(23)16(19(27)24-21(26)29-20)11-15-9-10-17(28-15)13-5-7-14(22)8-6-13/h5-12,23H,3-4H2,1-2H3/b16-11-,23-18?. The lowest BCUT2D eigenvalue weighted by atomic mass is 10.1. The highest BCUT2D eigenvalue weighted by atomic mass is 32.2. The zero-order chi connectivity index (χ0) is 20.5. The number of amides is 1. The normalized spacial score (nSPS) is 17.8. The molecule has 0 atom stereocenters. The minimum atomic E-state index is -0.491. The molecule has 29 heavy (non-hydrogen) atoms. The summed E-state index contributed by atoms with van der Waals surface area (Å²) in [5.41, 5.74) is 0.834. The average molecular weight is 410 g/mol. The molecule has 0 spiro atoms. The Kier molecular flexibility index (Phi) is 5.19. The third-order valence-corrected chi connectivity index (χ3v) is 5.92. The number of nitrogens with zero attached hydrogens (tertiary/aromatic N) is 3. The first kappa shape index (κ1) is 19.3. The van der Waals surface area contributed by atoms with Gasteiger partial charge in [-0.1, -0.05) is 13.8 Å². The van der Waals surface area contributed by atoms with Gasteiger partial charge in [-0.2, -0.15) is 15.1 Å². The van der Waals surface area contributed by atoms with Gasteiger partial charge in [0.1, 0.15) is 22.4 Å². The second kappa shape index (κ2) is 7.79. The summed E-state index contributed by atoms with van der Waals surface area (Å²) < 4.78 is 18.9. The first-order valence-corrected chi connectivity index (χ1v) is 10.2. The maximum Gasteiger partial charge on any atom is 0.283 e.